The molecule has 0 aliphatic heterocycles. The first-order chi connectivity index (χ1) is 8.91. The molecule has 0 aliphatic carbocycles. The number of aromatic nitrogens is 5. The molecule has 0 fully saturated rings. The predicted octanol–water partition coefficient (Wildman–Crippen LogP) is 1.56. The minimum absolute atomic E-state index is 0.0895. The third kappa shape index (κ3) is 2.71. The van der Waals surface area contributed by atoms with Crippen LogP contribution in [0.3, 0.4) is 0 Å². The van der Waals surface area contributed by atoms with Crippen molar-refractivity contribution in [2.75, 3.05) is 0 Å². The Morgan fingerprint density at radius 1 is 1.26 bits per heavy atom. The topological polar surface area (TPSA) is 74.6 Å². The van der Waals surface area contributed by atoms with Crippen molar-refractivity contribution in [1.29, 1.82) is 0 Å². The van der Waals surface area contributed by atoms with E-state index in [1.165, 1.54) is 11.3 Å². The van der Waals surface area contributed by atoms with Crippen LogP contribution in [0.4, 0.5) is 0 Å². The van der Waals surface area contributed by atoms with Gasteiger partial charge in [-0.15, -0.1) is 5.10 Å². The lowest BCUT2D eigenvalue weighted by atomic mass is 10.0. The SMILES string of the molecule is Cc1nn(C)c(C)c1CCC(N)c1c(Br)nnn1C. The molecule has 0 bridgehead atoms. The van der Waals surface area contributed by atoms with Crippen molar-refractivity contribution >= 4 is 15.9 Å². The number of halogens is 1. The van der Waals surface area contributed by atoms with Gasteiger partial charge in [-0.25, -0.2) is 4.68 Å². The van der Waals surface area contributed by atoms with Crippen molar-refractivity contribution in [1.82, 2.24) is 24.8 Å². The van der Waals surface area contributed by atoms with Gasteiger partial charge in [0.05, 0.1) is 11.4 Å². The van der Waals surface area contributed by atoms with Gasteiger partial charge >= 0.3 is 0 Å². The van der Waals surface area contributed by atoms with Gasteiger partial charge in [0.15, 0.2) is 4.60 Å². The molecule has 0 saturated heterocycles. The molecular formula is C12H19BrN6. The molecule has 0 radical (unpaired) electrons. The van der Waals surface area contributed by atoms with E-state index in [1.807, 2.05) is 25.7 Å². The number of hydrogen-bond acceptors (Lipinski definition) is 4. The molecule has 2 rings (SSSR count). The van der Waals surface area contributed by atoms with Crippen molar-refractivity contribution in [3.8, 4) is 0 Å². The lowest BCUT2D eigenvalue weighted by Gasteiger charge is -2.12. The predicted molar refractivity (Wildman–Crippen MR) is 76.6 cm³/mol. The van der Waals surface area contributed by atoms with E-state index in [-0.39, 0.29) is 6.04 Å². The second kappa shape index (κ2) is 5.42. The molecule has 19 heavy (non-hydrogen) atoms. The van der Waals surface area contributed by atoms with E-state index >= 15 is 0 Å². The average molecular weight is 327 g/mol. The van der Waals surface area contributed by atoms with Crippen LogP contribution >= 0.6 is 15.9 Å². The molecule has 2 aromatic rings. The Balaban J connectivity index is 2.11. The molecule has 0 amide bonds. The zero-order valence-corrected chi connectivity index (χ0v) is 13.3. The van der Waals surface area contributed by atoms with Crippen molar-refractivity contribution in [3.05, 3.63) is 27.2 Å². The molecule has 6 nitrogen and oxygen atoms in total. The summed E-state index contributed by atoms with van der Waals surface area (Å²) in [5.41, 5.74) is 10.7. The maximum absolute atomic E-state index is 6.24. The van der Waals surface area contributed by atoms with E-state index in [2.05, 4.69) is 38.3 Å². The number of rotatable bonds is 4. The molecule has 2 heterocycles. The summed E-state index contributed by atoms with van der Waals surface area (Å²) in [6.07, 6.45) is 1.75. The summed E-state index contributed by atoms with van der Waals surface area (Å²) in [5, 5.41) is 12.3. The van der Waals surface area contributed by atoms with Crippen LogP contribution < -0.4 is 5.73 Å². The van der Waals surface area contributed by atoms with Crippen LogP contribution in [0.5, 0.6) is 0 Å². The van der Waals surface area contributed by atoms with Crippen molar-refractivity contribution in [2.24, 2.45) is 19.8 Å². The standard InChI is InChI=1S/C12H19BrN6/c1-7-9(8(2)18(3)16-7)5-6-10(14)11-12(13)15-17-19(11)4/h10H,5-6,14H2,1-4H3. The fourth-order valence-corrected chi connectivity index (χ4v) is 2.97. The fourth-order valence-electron chi connectivity index (χ4n) is 2.35. The zero-order chi connectivity index (χ0) is 14.2. The molecule has 1 atom stereocenters. The van der Waals surface area contributed by atoms with Gasteiger partial charge < -0.3 is 5.73 Å². The summed E-state index contributed by atoms with van der Waals surface area (Å²) in [6, 6.07) is -0.0895. The summed E-state index contributed by atoms with van der Waals surface area (Å²) in [6.45, 7) is 4.12. The van der Waals surface area contributed by atoms with Gasteiger partial charge in [-0.2, -0.15) is 5.10 Å². The fraction of sp³-hybridized carbons (Fsp3) is 0.583. The molecule has 2 aromatic heterocycles. The van der Waals surface area contributed by atoms with E-state index in [4.69, 9.17) is 5.73 Å². The lowest BCUT2D eigenvalue weighted by Crippen LogP contribution is -2.16. The third-order valence-electron chi connectivity index (χ3n) is 3.54. The van der Waals surface area contributed by atoms with Gasteiger partial charge in [-0.05, 0) is 48.2 Å². The van der Waals surface area contributed by atoms with E-state index in [0.29, 0.717) is 0 Å². The summed E-state index contributed by atoms with van der Waals surface area (Å²) < 4.78 is 4.36. The van der Waals surface area contributed by atoms with Gasteiger partial charge in [0.25, 0.3) is 0 Å². The van der Waals surface area contributed by atoms with Crippen LogP contribution in [-0.2, 0) is 20.5 Å². The largest absolute Gasteiger partial charge is 0.323 e. The smallest absolute Gasteiger partial charge is 0.153 e. The normalized spacial score (nSPS) is 12.9. The summed E-state index contributed by atoms with van der Waals surface area (Å²) in [5.74, 6) is 0. The van der Waals surface area contributed by atoms with Gasteiger partial charge in [0.2, 0.25) is 0 Å². The molecule has 2 N–H and O–H groups in total. The Morgan fingerprint density at radius 3 is 2.42 bits per heavy atom. The molecule has 7 heteroatoms. The molecular weight excluding hydrogens is 308 g/mol. The summed E-state index contributed by atoms with van der Waals surface area (Å²) >= 11 is 3.39. The van der Waals surface area contributed by atoms with Crippen LogP contribution in [0.1, 0.15) is 35.1 Å². The van der Waals surface area contributed by atoms with Gasteiger partial charge in [-0.3, -0.25) is 4.68 Å². The number of aryl methyl sites for hydroxylation is 3. The van der Waals surface area contributed by atoms with Crippen molar-refractivity contribution < 1.29 is 0 Å². The van der Waals surface area contributed by atoms with Crippen LogP contribution in [-0.4, -0.2) is 24.8 Å². The van der Waals surface area contributed by atoms with Crippen molar-refractivity contribution in [2.45, 2.75) is 32.7 Å². The highest BCUT2D eigenvalue weighted by molar-refractivity contribution is 9.10. The van der Waals surface area contributed by atoms with Crippen molar-refractivity contribution in [3.63, 3.8) is 0 Å². The Hall–Kier alpha value is -1.21. The Morgan fingerprint density at radius 2 is 1.95 bits per heavy atom. The minimum atomic E-state index is -0.0895. The van der Waals surface area contributed by atoms with E-state index in [1.54, 1.807) is 4.68 Å². The maximum atomic E-state index is 6.24. The number of hydrogen-bond donors (Lipinski definition) is 1. The zero-order valence-electron chi connectivity index (χ0n) is 11.7. The van der Waals surface area contributed by atoms with E-state index in [9.17, 15) is 0 Å². The number of nitrogens with zero attached hydrogens (tertiary/aromatic N) is 5. The van der Waals surface area contributed by atoms with Gasteiger partial charge in [-0.1, -0.05) is 5.21 Å². The highest BCUT2D eigenvalue weighted by atomic mass is 79.9. The first kappa shape index (κ1) is 14.2. The van der Waals surface area contributed by atoms with Crippen LogP contribution in [0, 0.1) is 13.8 Å². The highest BCUT2D eigenvalue weighted by Crippen LogP contribution is 2.24. The number of nitrogens with two attached hydrogens (primary N) is 1. The second-order valence-corrected chi connectivity index (χ2v) is 5.56. The van der Waals surface area contributed by atoms with E-state index < -0.39 is 0 Å². The van der Waals surface area contributed by atoms with Gasteiger partial charge in [0.1, 0.15) is 0 Å². The molecule has 0 saturated carbocycles. The Kier molecular flexibility index (Phi) is 4.05. The first-order valence-electron chi connectivity index (χ1n) is 6.21. The summed E-state index contributed by atoms with van der Waals surface area (Å²) in [4.78, 5) is 0. The van der Waals surface area contributed by atoms with Crippen LogP contribution in [0.2, 0.25) is 0 Å². The van der Waals surface area contributed by atoms with E-state index in [0.717, 1.165) is 28.8 Å². The molecule has 0 aliphatic rings. The molecule has 1 unspecified atom stereocenters. The van der Waals surface area contributed by atoms with Gasteiger partial charge in [0, 0.05) is 25.8 Å². The first-order valence-corrected chi connectivity index (χ1v) is 7.00. The lowest BCUT2D eigenvalue weighted by molar-refractivity contribution is 0.574. The molecule has 0 aromatic carbocycles. The Bertz CT molecular complexity index is 566. The minimum Gasteiger partial charge on any atom is -0.323 e. The second-order valence-electron chi connectivity index (χ2n) is 4.81. The Labute approximate surface area is 121 Å². The average Bonchev–Trinajstić information content (AvgIpc) is 2.79. The summed E-state index contributed by atoms with van der Waals surface area (Å²) in [7, 11) is 3.82. The molecule has 104 valence electrons. The quantitative estimate of drug-likeness (QED) is 0.925. The van der Waals surface area contributed by atoms with Crippen LogP contribution in [0.15, 0.2) is 4.60 Å². The highest BCUT2D eigenvalue weighted by Gasteiger charge is 2.18. The molecule has 0 spiro atoms. The van der Waals surface area contributed by atoms with Crippen LogP contribution in [0.25, 0.3) is 0 Å². The monoisotopic (exact) mass is 326 g/mol. The third-order valence-corrected chi connectivity index (χ3v) is 4.11. The maximum Gasteiger partial charge on any atom is 0.153 e.